The number of piperidine rings is 1. The summed E-state index contributed by atoms with van der Waals surface area (Å²) in [7, 11) is 0. The molecule has 24 heavy (non-hydrogen) atoms. The quantitative estimate of drug-likeness (QED) is 0.865. The van der Waals surface area contributed by atoms with Crippen molar-refractivity contribution in [2.75, 3.05) is 13.1 Å². The molecule has 1 fully saturated rings. The van der Waals surface area contributed by atoms with Crippen LogP contribution < -0.4 is 10.6 Å². The van der Waals surface area contributed by atoms with Gasteiger partial charge in [-0.15, -0.1) is 0 Å². The minimum Gasteiger partial charge on any atom is -0.335 e. The fraction of sp³-hybridized carbons (Fsp3) is 0.611. The predicted molar refractivity (Wildman–Crippen MR) is 90.6 cm³/mol. The first-order valence-electron chi connectivity index (χ1n) is 8.58. The van der Waals surface area contributed by atoms with E-state index in [1.165, 1.54) is 12.1 Å². The lowest BCUT2D eigenvalue weighted by Gasteiger charge is -2.32. The minimum atomic E-state index is -0.816. The molecule has 134 valence electrons. The van der Waals surface area contributed by atoms with Crippen LogP contribution in [0.4, 0.5) is 13.6 Å². The zero-order valence-corrected chi connectivity index (χ0v) is 14.6. The van der Waals surface area contributed by atoms with Gasteiger partial charge in [0.2, 0.25) is 0 Å². The largest absolute Gasteiger partial charge is 0.335 e. The molecule has 1 aliphatic heterocycles. The molecular formula is C18H27F2N3O. The van der Waals surface area contributed by atoms with Gasteiger partial charge in [-0.2, -0.15) is 0 Å². The number of halogens is 2. The lowest BCUT2D eigenvalue weighted by atomic mass is 10.0. The van der Waals surface area contributed by atoms with Crippen LogP contribution in [0.5, 0.6) is 0 Å². The topological polar surface area (TPSA) is 44.4 Å². The van der Waals surface area contributed by atoms with Gasteiger partial charge in [0.25, 0.3) is 0 Å². The fourth-order valence-electron chi connectivity index (χ4n) is 2.73. The van der Waals surface area contributed by atoms with Crippen LogP contribution in [0.25, 0.3) is 0 Å². The lowest BCUT2D eigenvalue weighted by Crippen LogP contribution is -2.50. The summed E-state index contributed by atoms with van der Waals surface area (Å²) in [4.78, 5) is 14.1. The monoisotopic (exact) mass is 339 g/mol. The molecule has 0 aliphatic carbocycles. The van der Waals surface area contributed by atoms with Gasteiger partial charge in [0.15, 0.2) is 11.6 Å². The van der Waals surface area contributed by atoms with Gasteiger partial charge in [0, 0.05) is 31.7 Å². The number of hydrogen-bond acceptors (Lipinski definition) is 2. The molecule has 4 nitrogen and oxygen atoms in total. The Morgan fingerprint density at radius 1 is 1.21 bits per heavy atom. The van der Waals surface area contributed by atoms with Gasteiger partial charge in [-0.25, -0.2) is 13.6 Å². The summed E-state index contributed by atoms with van der Waals surface area (Å²) in [6.07, 6.45) is 1.71. The van der Waals surface area contributed by atoms with Crippen molar-refractivity contribution in [1.29, 1.82) is 0 Å². The number of amides is 2. The van der Waals surface area contributed by atoms with Crippen LogP contribution in [0.15, 0.2) is 18.2 Å². The van der Waals surface area contributed by atoms with Crippen molar-refractivity contribution in [3.8, 4) is 0 Å². The number of benzene rings is 1. The summed E-state index contributed by atoms with van der Waals surface area (Å²) in [5.41, 5.74) is 0.767. The summed E-state index contributed by atoms with van der Waals surface area (Å²) >= 11 is 0. The molecule has 0 aromatic heterocycles. The van der Waals surface area contributed by atoms with E-state index in [1.807, 2.05) is 6.92 Å². The molecular weight excluding hydrogens is 312 g/mol. The van der Waals surface area contributed by atoms with E-state index in [9.17, 15) is 13.6 Å². The second-order valence-electron chi connectivity index (χ2n) is 6.95. The number of urea groups is 1. The van der Waals surface area contributed by atoms with E-state index in [1.54, 1.807) is 6.07 Å². The third-order valence-corrected chi connectivity index (χ3v) is 4.67. The zero-order chi connectivity index (χ0) is 17.7. The molecule has 2 N–H and O–H groups in total. The highest BCUT2D eigenvalue weighted by Gasteiger charge is 2.21. The van der Waals surface area contributed by atoms with E-state index in [-0.39, 0.29) is 18.1 Å². The smallest absolute Gasteiger partial charge is 0.315 e. The van der Waals surface area contributed by atoms with Crippen molar-refractivity contribution in [3.63, 3.8) is 0 Å². The van der Waals surface area contributed by atoms with Crippen LogP contribution in [0.2, 0.25) is 0 Å². The minimum absolute atomic E-state index is 0.116. The molecule has 1 aromatic rings. The van der Waals surface area contributed by atoms with Crippen LogP contribution >= 0.6 is 0 Å². The Balaban J connectivity index is 1.75. The maximum absolute atomic E-state index is 13.3. The van der Waals surface area contributed by atoms with Gasteiger partial charge in [0.05, 0.1) is 0 Å². The van der Waals surface area contributed by atoms with Gasteiger partial charge in [0.1, 0.15) is 0 Å². The van der Waals surface area contributed by atoms with Crippen molar-refractivity contribution in [3.05, 3.63) is 35.4 Å². The van der Waals surface area contributed by atoms with Crippen LogP contribution in [-0.4, -0.2) is 36.1 Å². The number of nitrogens with zero attached hydrogens (tertiary/aromatic N) is 1. The van der Waals surface area contributed by atoms with Crippen LogP contribution in [0.1, 0.15) is 39.2 Å². The highest BCUT2D eigenvalue weighted by atomic mass is 19.2. The molecule has 0 spiro atoms. The van der Waals surface area contributed by atoms with Crippen molar-refractivity contribution < 1.29 is 13.6 Å². The third-order valence-electron chi connectivity index (χ3n) is 4.67. The maximum Gasteiger partial charge on any atom is 0.315 e. The normalized spacial score (nSPS) is 17.8. The van der Waals surface area contributed by atoms with Crippen LogP contribution in [-0.2, 0) is 6.54 Å². The Morgan fingerprint density at radius 2 is 1.88 bits per heavy atom. The standard InChI is InChI=1S/C18H27F2N3O/c1-12(2)13(3)21-18(24)22-15-6-8-23(9-7-15)11-14-4-5-16(19)17(20)10-14/h4-5,10,12-13,15H,6-9,11H2,1-3H3,(H2,21,22,24). The maximum atomic E-state index is 13.3. The predicted octanol–water partition coefficient (Wildman–Crippen LogP) is 3.27. The van der Waals surface area contributed by atoms with E-state index in [0.29, 0.717) is 12.5 Å². The van der Waals surface area contributed by atoms with E-state index in [2.05, 4.69) is 29.4 Å². The summed E-state index contributed by atoms with van der Waals surface area (Å²) in [6, 6.07) is 4.21. The first-order chi connectivity index (χ1) is 11.3. The average Bonchev–Trinajstić information content (AvgIpc) is 2.52. The van der Waals surface area contributed by atoms with Gasteiger partial charge in [-0.1, -0.05) is 19.9 Å². The second-order valence-corrected chi connectivity index (χ2v) is 6.95. The summed E-state index contributed by atoms with van der Waals surface area (Å²) in [5.74, 6) is -1.23. The molecule has 0 bridgehead atoms. The zero-order valence-electron chi connectivity index (χ0n) is 14.6. The lowest BCUT2D eigenvalue weighted by molar-refractivity contribution is 0.185. The van der Waals surface area contributed by atoms with Gasteiger partial charge in [-0.05, 0) is 43.4 Å². The first kappa shape index (κ1) is 18.6. The summed E-state index contributed by atoms with van der Waals surface area (Å²) in [6.45, 7) is 8.38. The van der Waals surface area contributed by atoms with Gasteiger partial charge >= 0.3 is 6.03 Å². The van der Waals surface area contributed by atoms with E-state index in [4.69, 9.17) is 0 Å². The number of carbonyl (C=O) groups is 1. The van der Waals surface area contributed by atoms with Crippen LogP contribution in [0.3, 0.4) is 0 Å². The first-order valence-corrected chi connectivity index (χ1v) is 8.58. The number of nitrogens with one attached hydrogen (secondary N) is 2. The summed E-state index contributed by atoms with van der Waals surface area (Å²) < 4.78 is 26.2. The molecule has 2 rings (SSSR count). The van der Waals surface area contributed by atoms with Crippen molar-refractivity contribution in [2.24, 2.45) is 5.92 Å². The van der Waals surface area contributed by atoms with E-state index < -0.39 is 11.6 Å². The number of carbonyl (C=O) groups excluding carboxylic acids is 1. The molecule has 1 atom stereocenters. The highest BCUT2D eigenvalue weighted by molar-refractivity contribution is 5.74. The Labute approximate surface area is 142 Å². The van der Waals surface area contributed by atoms with E-state index in [0.717, 1.165) is 31.5 Å². The molecule has 0 saturated carbocycles. The molecule has 1 saturated heterocycles. The molecule has 1 aliphatic rings. The highest BCUT2D eigenvalue weighted by Crippen LogP contribution is 2.16. The third kappa shape index (κ3) is 5.44. The molecule has 6 heteroatoms. The molecule has 1 unspecified atom stereocenters. The molecule has 1 aromatic carbocycles. The van der Waals surface area contributed by atoms with Gasteiger partial charge < -0.3 is 10.6 Å². The number of rotatable bonds is 5. The Bertz CT molecular complexity index is 557. The van der Waals surface area contributed by atoms with E-state index >= 15 is 0 Å². The second kappa shape index (κ2) is 8.42. The number of hydrogen-bond donors (Lipinski definition) is 2. The Morgan fingerprint density at radius 3 is 2.46 bits per heavy atom. The Kier molecular flexibility index (Phi) is 6.54. The van der Waals surface area contributed by atoms with Crippen molar-refractivity contribution in [2.45, 2.75) is 52.2 Å². The van der Waals surface area contributed by atoms with Crippen molar-refractivity contribution >= 4 is 6.03 Å². The average molecular weight is 339 g/mol. The van der Waals surface area contributed by atoms with Crippen molar-refractivity contribution in [1.82, 2.24) is 15.5 Å². The molecule has 0 radical (unpaired) electrons. The Hall–Kier alpha value is -1.69. The van der Waals surface area contributed by atoms with Gasteiger partial charge in [-0.3, -0.25) is 4.90 Å². The molecule has 1 heterocycles. The summed E-state index contributed by atoms with van der Waals surface area (Å²) in [5, 5.41) is 5.97. The molecule has 2 amide bonds. The fourth-order valence-corrected chi connectivity index (χ4v) is 2.73. The van der Waals surface area contributed by atoms with Crippen LogP contribution in [0, 0.1) is 17.6 Å². The number of likely N-dealkylation sites (tertiary alicyclic amines) is 1. The SMILES string of the molecule is CC(C)C(C)NC(=O)NC1CCN(Cc2ccc(F)c(F)c2)CC1.